The Kier molecular flexibility index (Phi) is 3.24. The maximum Gasteiger partial charge on any atom is 0.314 e. The molecule has 0 fully saturated rings. The van der Waals surface area contributed by atoms with E-state index in [4.69, 9.17) is 15.4 Å². The molecule has 1 atom stereocenters. The minimum Gasteiger partial charge on any atom is -0.481 e. The summed E-state index contributed by atoms with van der Waals surface area (Å²) in [6.45, 7) is 3.90. The van der Waals surface area contributed by atoms with E-state index < -0.39 is 11.9 Å². The molecule has 0 aliphatic carbocycles. The van der Waals surface area contributed by atoms with Crippen molar-refractivity contribution in [1.82, 2.24) is 5.16 Å². The number of rotatable bonds is 4. The van der Waals surface area contributed by atoms with Crippen LogP contribution in [0.5, 0.6) is 0 Å². The number of aromatic nitrogens is 1. The molecule has 78 valence electrons. The van der Waals surface area contributed by atoms with Crippen molar-refractivity contribution >= 4 is 5.97 Å². The molecule has 0 bridgehead atoms. The van der Waals surface area contributed by atoms with E-state index in [1.54, 1.807) is 13.8 Å². The van der Waals surface area contributed by atoms with Crippen LogP contribution in [-0.2, 0) is 4.79 Å². The summed E-state index contributed by atoms with van der Waals surface area (Å²) in [7, 11) is 0. The summed E-state index contributed by atoms with van der Waals surface area (Å²) < 4.78 is 4.98. The Morgan fingerprint density at radius 1 is 1.64 bits per heavy atom. The van der Waals surface area contributed by atoms with Gasteiger partial charge in [0.1, 0.15) is 5.92 Å². The zero-order valence-corrected chi connectivity index (χ0v) is 8.28. The second kappa shape index (κ2) is 4.23. The second-order valence-electron chi connectivity index (χ2n) is 3.23. The van der Waals surface area contributed by atoms with E-state index in [2.05, 4.69) is 5.16 Å². The summed E-state index contributed by atoms with van der Waals surface area (Å²) in [5.41, 5.74) is 6.86. The molecule has 0 radical (unpaired) electrons. The lowest BCUT2D eigenvalue weighted by Gasteiger charge is -2.07. The summed E-state index contributed by atoms with van der Waals surface area (Å²) in [6, 6.07) is 0. The van der Waals surface area contributed by atoms with Crippen LogP contribution in [0, 0.1) is 13.8 Å². The van der Waals surface area contributed by atoms with Gasteiger partial charge in [-0.1, -0.05) is 5.16 Å². The van der Waals surface area contributed by atoms with Gasteiger partial charge in [0, 0.05) is 5.56 Å². The Bertz CT molecular complexity index is 333. The summed E-state index contributed by atoms with van der Waals surface area (Å²) in [5.74, 6) is -1.18. The molecule has 0 spiro atoms. The van der Waals surface area contributed by atoms with Gasteiger partial charge in [-0.3, -0.25) is 4.79 Å². The monoisotopic (exact) mass is 198 g/mol. The molecule has 0 aliphatic rings. The molecule has 0 aliphatic heterocycles. The highest BCUT2D eigenvalue weighted by Gasteiger charge is 2.25. The molecule has 0 aromatic carbocycles. The van der Waals surface area contributed by atoms with Crippen molar-refractivity contribution in [3.05, 3.63) is 17.0 Å². The first-order valence-electron chi connectivity index (χ1n) is 4.43. The number of hydrogen-bond donors (Lipinski definition) is 2. The average Bonchev–Trinajstić information content (AvgIpc) is 2.44. The van der Waals surface area contributed by atoms with Crippen LogP contribution in [0.4, 0.5) is 0 Å². The number of carbonyl (C=O) groups is 1. The van der Waals surface area contributed by atoms with Gasteiger partial charge in [0.25, 0.3) is 0 Å². The maximum absolute atomic E-state index is 10.9. The Hall–Kier alpha value is -1.36. The lowest BCUT2D eigenvalue weighted by molar-refractivity contribution is -0.139. The smallest absolute Gasteiger partial charge is 0.314 e. The Labute approximate surface area is 81.9 Å². The third kappa shape index (κ3) is 1.93. The highest BCUT2D eigenvalue weighted by molar-refractivity contribution is 5.75. The molecule has 0 saturated heterocycles. The fourth-order valence-corrected chi connectivity index (χ4v) is 1.29. The van der Waals surface area contributed by atoms with E-state index >= 15 is 0 Å². The van der Waals surface area contributed by atoms with Crippen LogP contribution in [0.15, 0.2) is 4.52 Å². The second-order valence-corrected chi connectivity index (χ2v) is 3.23. The molecule has 5 heteroatoms. The van der Waals surface area contributed by atoms with Crippen molar-refractivity contribution in [2.24, 2.45) is 5.73 Å². The van der Waals surface area contributed by atoms with Crippen LogP contribution in [-0.4, -0.2) is 22.8 Å². The van der Waals surface area contributed by atoms with E-state index in [0.29, 0.717) is 18.7 Å². The van der Waals surface area contributed by atoms with Crippen LogP contribution in [0.25, 0.3) is 0 Å². The molecule has 5 nitrogen and oxygen atoms in total. The van der Waals surface area contributed by atoms with Gasteiger partial charge in [-0.25, -0.2) is 0 Å². The lowest BCUT2D eigenvalue weighted by Crippen LogP contribution is -2.16. The number of aliphatic carboxylic acids is 1. The van der Waals surface area contributed by atoms with E-state index in [1.807, 2.05) is 0 Å². The minimum atomic E-state index is -0.922. The minimum absolute atomic E-state index is 0.316. The summed E-state index contributed by atoms with van der Waals surface area (Å²) in [5, 5.41) is 12.7. The van der Waals surface area contributed by atoms with Crippen molar-refractivity contribution in [2.75, 3.05) is 6.54 Å². The molecular formula is C9H14N2O3. The largest absolute Gasteiger partial charge is 0.481 e. The normalized spacial score (nSPS) is 12.8. The van der Waals surface area contributed by atoms with Gasteiger partial charge >= 0.3 is 5.97 Å². The number of carboxylic acids is 1. The maximum atomic E-state index is 10.9. The van der Waals surface area contributed by atoms with Crippen molar-refractivity contribution in [3.8, 4) is 0 Å². The molecule has 0 saturated carbocycles. The zero-order valence-electron chi connectivity index (χ0n) is 8.28. The average molecular weight is 198 g/mol. The van der Waals surface area contributed by atoms with Gasteiger partial charge in [-0.15, -0.1) is 0 Å². The fourth-order valence-electron chi connectivity index (χ4n) is 1.29. The van der Waals surface area contributed by atoms with E-state index in [1.165, 1.54) is 0 Å². The number of nitrogens with zero attached hydrogens (tertiary/aromatic N) is 1. The van der Waals surface area contributed by atoms with Gasteiger partial charge in [0.2, 0.25) is 0 Å². The first kappa shape index (κ1) is 10.7. The van der Waals surface area contributed by atoms with Crippen LogP contribution in [0.1, 0.15) is 29.4 Å². The SMILES string of the molecule is Cc1noc(C(CCN)C(=O)O)c1C. The third-order valence-corrected chi connectivity index (χ3v) is 2.26. The van der Waals surface area contributed by atoms with Gasteiger partial charge in [-0.05, 0) is 26.8 Å². The van der Waals surface area contributed by atoms with E-state index in [9.17, 15) is 4.79 Å². The molecule has 0 amide bonds. The molecular weight excluding hydrogens is 184 g/mol. The predicted octanol–water partition coefficient (Wildman–Crippen LogP) is 0.808. The van der Waals surface area contributed by atoms with Crippen LogP contribution in [0.3, 0.4) is 0 Å². The van der Waals surface area contributed by atoms with Crippen molar-refractivity contribution in [1.29, 1.82) is 0 Å². The molecule has 1 aromatic rings. The van der Waals surface area contributed by atoms with Gasteiger partial charge in [0.15, 0.2) is 5.76 Å². The zero-order chi connectivity index (χ0) is 10.7. The van der Waals surface area contributed by atoms with Crippen molar-refractivity contribution in [2.45, 2.75) is 26.2 Å². The number of nitrogens with two attached hydrogens (primary N) is 1. The highest BCUT2D eigenvalue weighted by atomic mass is 16.5. The topological polar surface area (TPSA) is 89.4 Å². The molecule has 1 heterocycles. The molecule has 1 aromatic heterocycles. The van der Waals surface area contributed by atoms with Crippen molar-refractivity contribution in [3.63, 3.8) is 0 Å². The summed E-state index contributed by atoms with van der Waals surface area (Å²) >= 11 is 0. The first-order valence-corrected chi connectivity index (χ1v) is 4.43. The third-order valence-electron chi connectivity index (χ3n) is 2.26. The van der Waals surface area contributed by atoms with Gasteiger partial charge < -0.3 is 15.4 Å². The van der Waals surface area contributed by atoms with Crippen LogP contribution < -0.4 is 5.73 Å². The first-order chi connectivity index (χ1) is 6.57. The molecule has 1 unspecified atom stereocenters. The van der Waals surface area contributed by atoms with Crippen LogP contribution >= 0.6 is 0 Å². The standard InChI is InChI=1S/C9H14N2O3/c1-5-6(2)11-14-8(5)7(3-4-10)9(12)13/h7H,3-4,10H2,1-2H3,(H,12,13). The predicted molar refractivity (Wildman–Crippen MR) is 50.0 cm³/mol. The molecule has 1 rings (SSSR count). The number of carboxylic acid groups (broad SMARTS) is 1. The van der Waals surface area contributed by atoms with Gasteiger partial charge in [-0.2, -0.15) is 0 Å². The van der Waals surface area contributed by atoms with Crippen molar-refractivity contribution < 1.29 is 14.4 Å². The van der Waals surface area contributed by atoms with Gasteiger partial charge in [0.05, 0.1) is 5.69 Å². The Morgan fingerprint density at radius 3 is 2.64 bits per heavy atom. The fraction of sp³-hybridized carbons (Fsp3) is 0.556. The molecule has 3 N–H and O–H groups in total. The number of aryl methyl sites for hydroxylation is 1. The van der Waals surface area contributed by atoms with E-state index in [-0.39, 0.29) is 0 Å². The number of hydrogen-bond acceptors (Lipinski definition) is 4. The quantitative estimate of drug-likeness (QED) is 0.747. The lowest BCUT2D eigenvalue weighted by atomic mass is 9.99. The van der Waals surface area contributed by atoms with Crippen LogP contribution in [0.2, 0.25) is 0 Å². The Balaban J connectivity index is 2.99. The molecule has 14 heavy (non-hydrogen) atoms. The summed E-state index contributed by atoms with van der Waals surface area (Å²) in [6.07, 6.45) is 0.366. The summed E-state index contributed by atoms with van der Waals surface area (Å²) in [4.78, 5) is 10.9. The highest BCUT2D eigenvalue weighted by Crippen LogP contribution is 2.24. The Morgan fingerprint density at radius 2 is 2.29 bits per heavy atom. The van der Waals surface area contributed by atoms with E-state index in [0.717, 1.165) is 11.3 Å².